The Morgan fingerprint density at radius 2 is 2.05 bits per heavy atom. The first-order chi connectivity index (χ1) is 9.94. The SMILES string of the molecule is CC1CCN(S(=O)(=O)CCOc2ccc(N)cc2)C1CO. The van der Waals surface area contributed by atoms with Crippen molar-refractivity contribution in [3.05, 3.63) is 24.3 Å². The first-order valence-electron chi connectivity index (χ1n) is 7.03. The number of anilines is 1. The van der Waals surface area contributed by atoms with Crippen molar-refractivity contribution < 1.29 is 18.3 Å². The molecule has 2 rings (SSSR count). The van der Waals surface area contributed by atoms with Gasteiger partial charge in [-0.1, -0.05) is 6.92 Å². The second-order valence-electron chi connectivity index (χ2n) is 5.36. The molecule has 1 aliphatic rings. The number of sulfonamides is 1. The summed E-state index contributed by atoms with van der Waals surface area (Å²) in [5.74, 6) is 0.677. The standard InChI is InChI=1S/C14H22N2O4S/c1-11-6-7-16(14(11)10-17)21(18,19)9-8-20-13-4-2-12(15)3-5-13/h2-5,11,14,17H,6-10,15H2,1H3. The zero-order valence-electron chi connectivity index (χ0n) is 12.1. The molecular weight excluding hydrogens is 292 g/mol. The Labute approximate surface area is 125 Å². The van der Waals surface area contributed by atoms with E-state index in [4.69, 9.17) is 10.5 Å². The molecule has 0 bridgehead atoms. The van der Waals surface area contributed by atoms with Crippen molar-refractivity contribution in [3.8, 4) is 5.75 Å². The maximum absolute atomic E-state index is 12.3. The van der Waals surface area contributed by atoms with Crippen molar-refractivity contribution in [2.45, 2.75) is 19.4 Å². The molecule has 0 saturated carbocycles. The fourth-order valence-electron chi connectivity index (χ4n) is 2.54. The average molecular weight is 314 g/mol. The van der Waals surface area contributed by atoms with Gasteiger partial charge in [0, 0.05) is 12.2 Å². The minimum atomic E-state index is -3.41. The monoisotopic (exact) mass is 314 g/mol. The van der Waals surface area contributed by atoms with Gasteiger partial charge in [0.25, 0.3) is 0 Å². The van der Waals surface area contributed by atoms with Crippen LogP contribution in [0.15, 0.2) is 24.3 Å². The van der Waals surface area contributed by atoms with Crippen LogP contribution in [0.2, 0.25) is 0 Å². The van der Waals surface area contributed by atoms with E-state index in [-0.39, 0.29) is 30.9 Å². The van der Waals surface area contributed by atoms with Gasteiger partial charge in [-0.25, -0.2) is 8.42 Å². The van der Waals surface area contributed by atoms with Crippen molar-refractivity contribution in [1.29, 1.82) is 0 Å². The first kappa shape index (κ1) is 16.1. The average Bonchev–Trinajstić information content (AvgIpc) is 2.82. The highest BCUT2D eigenvalue weighted by atomic mass is 32.2. The minimum Gasteiger partial charge on any atom is -0.492 e. The van der Waals surface area contributed by atoms with Gasteiger partial charge >= 0.3 is 0 Å². The second-order valence-corrected chi connectivity index (χ2v) is 7.40. The summed E-state index contributed by atoms with van der Waals surface area (Å²) in [6.07, 6.45) is 0.781. The van der Waals surface area contributed by atoms with Crippen molar-refractivity contribution >= 4 is 15.7 Å². The smallest absolute Gasteiger partial charge is 0.217 e. The molecule has 2 unspecified atom stereocenters. The number of hydrogen-bond donors (Lipinski definition) is 2. The molecule has 2 atom stereocenters. The molecule has 1 aromatic rings. The van der Waals surface area contributed by atoms with E-state index in [0.717, 1.165) is 6.42 Å². The third-order valence-electron chi connectivity index (χ3n) is 3.87. The van der Waals surface area contributed by atoms with Crippen LogP contribution in [0.1, 0.15) is 13.3 Å². The Hall–Kier alpha value is -1.31. The van der Waals surface area contributed by atoms with E-state index in [1.807, 2.05) is 6.92 Å². The van der Waals surface area contributed by atoms with Crippen LogP contribution in [-0.2, 0) is 10.0 Å². The predicted octanol–water partition coefficient (Wildman–Crippen LogP) is 0.680. The molecular formula is C14H22N2O4S. The number of nitrogen functional groups attached to an aromatic ring is 1. The number of aliphatic hydroxyl groups excluding tert-OH is 1. The van der Waals surface area contributed by atoms with Gasteiger partial charge in [0.15, 0.2) is 0 Å². The van der Waals surface area contributed by atoms with Crippen LogP contribution < -0.4 is 10.5 Å². The van der Waals surface area contributed by atoms with Crippen LogP contribution in [0.3, 0.4) is 0 Å². The van der Waals surface area contributed by atoms with E-state index in [1.54, 1.807) is 24.3 Å². The number of rotatable bonds is 6. The Morgan fingerprint density at radius 1 is 1.38 bits per heavy atom. The summed E-state index contributed by atoms with van der Waals surface area (Å²) in [4.78, 5) is 0. The Bertz CT molecular complexity index is 559. The summed E-state index contributed by atoms with van der Waals surface area (Å²) in [5.41, 5.74) is 6.20. The van der Waals surface area contributed by atoms with Gasteiger partial charge in [0.1, 0.15) is 12.4 Å². The van der Waals surface area contributed by atoms with Crippen molar-refractivity contribution in [3.63, 3.8) is 0 Å². The van der Waals surface area contributed by atoms with Crippen LogP contribution >= 0.6 is 0 Å². The van der Waals surface area contributed by atoms with Crippen molar-refractivity contribution in [1.82, 2.24) is 4.31 Å². The van der Waals surface area contributed by atoms with Crippen molar-refractivity contribution in [2.24, 2.45) is 5.92 Å². The molecule has 6 nitrogen and oxygen atoms in total. The summed E-state index contributed by atoms with van der Waals surface area (Å²) in [7, 11) is -3.41. The van der Waals surface area contributed by atoms with Crippen LogP contribution in [0.5, 0.6) is 5.75 Å². The molecule has 0 spiro atoms. The van der Waals surface area contributed by atoms with E-state index in [0.29, 0.717) is 18.0 Å². The van der Waals surface area contributed by atoms with Gasteiger partial charge in [0.05, 0.1) is 18.4 Å². The molecule has 7 heteroatoms. The largest absolute Gasteiger partial charge is 0.492 e. The molecule has 21 heavy (non-hydrogen) atoms. The van der Waals surface area contributed by atoms with E-state index in [1.165, 1.54) is 4.31 Å². The van der Waals surface area contributed by atoms with Crippen LogP contribution in [0.4, 0.5) is 5.69 Å². The topological polar surface area (TPSA) is 92.9 Å². The van der Waals surface area contributed by atoms with Crippen LogP contribution in [0.25, 0.3) is 0 Å². The lowest BCUT2D eigenvalue weighted by Crippen LogP contribution is -2.41. The summed E-state index contributed by atoms with van der Waals surface area (Å²) >= 11 is 0. The van der Waals surface area contributed by atoms with Gasteiger partial charge in [0.2, 0.25) is 10.0 Å². The van der Waals surface area contributed by atoms with Gasteiger partial charge < -0.3 is 15.6 Å². The maximum atomic E-state index is 12.3. The molecule has 1 fully saturated rings. The summed E-state index contributed by atoms with van der Waals surface area (Å²) in [6, 6.07) is 6.50. The normalized spacial score (nSPS) is 23.3. The van der Waals surface area contributed by atoms with Crippen LogP contribution in [-0.4, -0.2) is 49.4 Å². The van der Waals surface area contributed by atoms with Crippen LogP contribution in [0, 0.1) is 5.92 Å². The summed E-state index contributed by atoms with van der Waals surface area (Å²) in [6.45, 7) is 2.37. The van der Waals surface area contributed by atoms with Gasteiger partial charge in [-0.3, -0.25) is 0 Å². The van der Waals surface area contributed by atoms with E-state index >= 15 is 0 Å². The molecule has 1 saturated heterocycles. The zero-order valence-corrected chi connectivity index (χ0v) is 12.9. The van der Waals surface area contributed by atoms with E-state index in [2.05, 4.69) is 0 Å². The Balaban J connectivity index is 1.91. The lowest BCUT2D eigenvalue weighted by molar-refractivity contribution is 0.190. The number of ether oxygens (including phenoxy) is 1. The van der Waals surface area contributed by atoms with E-state index < -0.39 is 10.0 Å². The highest BCUT2D eigenvalue weighted by molar-refractivity contribution is 7.89. The van der Waals surface area contributed by atoms with Gasteiger partial charge in [-0.15, -0.1) is 0 Å². The fourth-order valence-corrected chi connectivity index (χ4v) is 4.13. The lowest BCUT2D eigenvalue weighted by Gasteiger charge is -2.24. The summed E-state index contributed by atoms with van der Waals surface area (Å²) in [5, 5.41) is 9.35. The number of aliphatic hydroxyl groups is 1. The summed E-state index contributed by atoms with van der Waals surface area (Å²) < 4.78 is 31.4. The van der Waals surface area contributed by atoms with Crippen molar-refractivity contribution in [2.75, 3.05) is 31.2 Å². The highest BCUT2D eigenvalue weighted by Crippen LogP contribution is 2.26. The van der Waals surface area contributed by atoms with E-state index in [9.17, 15) is 13.5 Å². The minimum absolute atomic E-state index is 0.0787. The molecule has 1 aromatic carbocycles. The zero-order chi connectivity index (χ0) is 15.5. The number of benzene rings is 1. The second kappa shape index (κ2) is 6.64. The predicted molar refractivity (Wildman–Crippen MR) is 81.5 cm³/mol. The van der Waals surface area contributed by atoms with Gasteiger partial charge in [-0.05, 0) is 36.6 Å². The maximum Gasteiger partial charge on any atom is 0.217 e. The molecule has 118 valence electrons. The quantitative estimate of drug-likeness (QED) is 0.753. The lowest BCUT2D eigenvalue weighted by atomic mass is 10.0. The fraction of sp³-hybridized carbons (Fsp3) is 0.571. The molecule has 0 amide bonds. The third-order valence-corrected chi connectivity index (χ3v) is 5.72. The molecule has 3 N–H and O–H groups in total. The first-order valence-corrected chi connectivity index (χ1v) is 8.63. The van der Waals surface area contributed by atoms with Gasteiger partial charge in [-0.2, -0.15) is 4.31 Å². The molecule has 1 heterocycles. The molecule has 0 aliphatic carbocycles. The Kier molecular flexibility index (Phi) is 5.08. The number of nitrogens with zero attached hydrogens (tertiary/aromatic N) is 1. The molecule has 0 radical (unpaired) electrons. The molecule has 0 aromatic heterocycles. The molecule has 1 aliphatic heterocycles. The third kappa shape index (κ3) is 3.87. The highest BCUT2D eigenvalue weighted by Gasteiger charge is 2.38. The number of nitrogens with two attached hydrogens (primary N) is 1. The number of hydrogen-bond acceptors (Lipinski definition) is 5. The Morgan fingerprint density at radius 3 is 2.67 bits per heavy atom.